The summed E-state index contributed by atoms with van der Waals surface area (Å²) in [6.45, 7) is 4.65. The Hall–Kier alpha value is -2.40. The van der Waals surface area contributed by atoms with Gasteiger partial charge < -0.3 is 4.57 Å². The molecule has 0 aliphatic carbocycles. The first kappa shape index (κ1) is 17.4. The van der Waals surface area contributed by atoms with Gasteiger partial charge >= 0.3 is 0 Å². The molecule has 0 radical (unpaired) electrons. The van der Waals surface area contributed by atoms with E-state index in [-0.39, 0.29) is 9.79 Å². The number of hydrogen-bond acceptors (Lipinski definition) is 3. The molecule has 0 bridgehead atoms. The number of para-hydroxylation sites is 1. The number of aryl methyl sites for hydroxylation is 2. The van der Waals surface area contributed by atoms with E-state index in [2.05, 4.69) is 6.92 Å². The maximum atomic E-state index is 13.0. The number of benzene rings is 2. The molecule has 130 valence electrons. The second-order valence-corrected chi connectivity index (χ2v) is 8.12. The van der Waals surface area contributed by atoms with E-state index in [1.807, 2.05) is 23.6 Å². The van der Waals surface area contributed by atoms with E-state index in [0.717, 1.165) is 23.9 Å². The van der Waals surface area contributed by atoms with Gasteiger partial charge in [-0.05, 0) is 37.6 Å². The van der Waals surface area contributed by atoms with Crippen LogP contribution < -0.4 is 5.43 Å². The van der Waals surface area contributed by atoms with Gasteiger partial charge in [0, 0.05) is 18.1 Å². The van der Waals surface area contributed by atoms with Crippen molar-refractivity contribution in [1.29, 1.82) is 0 Å². The van der Waals surface area contributed by atoms with E-state index in [0.29, 0.717) is 11.9 Å². The van der Waals surface area contributed by atoms with Crippen molar-refractivity contribution < 1.29 is 8.42 Å². The lowest BCUT2D eigenvalue weighted by Gasteiger charge is -2.13. The normalized spacial score (nSPS) is 11.8. The molecule has 0 spiro atoms. The van der Waals surface area contributed by atoms with Gasteiger partial charge in [-0.1, -0.05) is 43.2 Å². The smallest absolute Gasteiger partial charge is 0.211 e. The molecule has 5 heteroatoms. The second kappa shape index (κ2) is 6.84. The fourth-order valence-electron chi connectivity index (χ4n) is 2.87. The van der Waals surface area contributed by atoms with Gasteiger partial charge in [-0.25, -0.2) is 8.42 Å². The summed E-state index contributed by atoms with van der Waals surface area (Å²) in [6, 6.07) is 13.7. The van der Waals surface area contributed by atoms with E-state index in [1.165, 1.54) is 6.20 Å². The number of fused-ring (bicyclic) bond motifs is 1. The van der Waals surface area contributed by atoms with Crippen molar-refractivity contribution in [2.24, 2.45) is 0 Å². The molecule has 1 aromatic heterocycles. The highest BCUT2D eigenvalue weighted by Crippen LogP contribution is 2.22. The minimum atomic E-state index is -3.86. The van der Waals surface area contributed by atoms with Crippen molar-refractivity contribution in [2.75, 3.05) is 0 Å². The molecule has 0 saturated heterocycles. The van der Waals surface area contributed by atoms with Crippen LogP contribution in [0.1, 0.15) is 25.3 Å². The van der Waals surface area contributed by atoms with E-state index in [1.54, 1.807) is 36.4 Å². The molecule has 0 N–H and O–H groups in total. The molecule has 0 aliphatic heterocycles. The number of sulfone groups is 1. The fourth-order valence-corrected chi connectivity index (χ4v) is 4.24. The molecule has 2 aromatic carbocycles. The van der Waals surface area contributed by atoms with Gasteiger partial charge in [-0.2, -0.15) is 0 Å². The van der Waals surface area contributed by atoms with Gasteiger partial charge in [0.2, 0.25) is 15.3 Å². The Morgan fingerprint density at radius 3 is 2.36 bits per heavy atom. The van der Waals surface area contributed by atoms with Crippen LogP contribution in [0.4, 0.5) is 0 Å². The fraction of sp³-hybridized carbons (Fsp3) is 0.250. The Morgan fingerprint density at radius 1 is 1.00 bits per heavy atom. The average molecular weight is 355 g/mol. The molecular weight excluding hydrogens is 334 g/mol. The van der Waals surface area contributed by atoms with Crippen LogP contribution in [-0.4, -0.2) is 13.0 Å². The Bertz CT molecular complexity index is 1060. The molecule has 3 aromatic rings. The topological polar surface area (TPSA) is 56.1 Å². The summed E-state index contributed by atoms with van der Waals surface area (Å²) >= 11 is 0. The van der Waals surface area contributed by atoms with E-state index in [4.69, 9.17) is 0 Å². The number of unbranched alkanes of at least 4 members (excludes halogenated alkanes) is 1. The molecule has 25 heavy (non-hydrogen) atoms. The van der Waals surface area contributed by atoms with Crippen molar-refractivity contribution in [3.05, 3.63) is 70.5 Å². The van der Waals surface area contributed by atoms with Gasteiger partial charge in [-0.15, -0.1) is 0 Å². The van der Waals surface area contributed by atoms with E-state index in [9.17, 15) is 13.2 Å². The highest BCUT2D eigenvalue weighted by molar-refractivity contribution is 7.91. The van der Waals surface area contributed by atoms with Crippen molar-refractivity contribution in [2.45, 2.75) is 43.0 Å². The lowest BCUT2D eigenvalue weighted by Crippen LogP contribution is -2.19. The van der Waals surface area contributed by atoms with Crippen LogP contribution in [-0.2, 0) is 16.4 Å². The molecule has 1 heterocycles. The molecule has 0 unspecified atom stereocenters. The summed E-state index contributed by atoms with van der Waals surface area (Å²) in [6.07, 6.45) is 3.40. The second-order valence-electron chi connectivity index (χ2n) is 6.20. The minimum absolute atomic E-state index is 0.146. The van der Waals surface area contributed by atoms with Crippen LogP contribution in [0.2, 0.25) is 0 Å². The summed E-state index contributed by atoms with van der Waals surface area (Å²) < 4.78 is 27.9. The van der Waals surface area contributed by atoms with Gasteiger partial charge in [0.25, 0.3) is 0 Å². The van der Waals surface area contributed by atoms with Crippen LogP contribution in [0.5, 0.6) is 0 Å². The summed E-state index contributed by atoms with van der Waals surface area (Å²) in [7, 11) is -3.86. The van der Waals surface area contributed by atoms with Gasteiger partial charge in [-0.3, -0.25) is 4.79 Å². The standard InChI is InChI=1S/C20H21NO3S/c1-3-4-13-21-14-19(20(22)17-7-5-6-8-18(17)21)25(23,24)16-11-9-15(2)10-12-16/h5-12,14H,3-4,13H2,1-2H3. The van der Waals surface area contributed by atoms with E-state index >= 15 is 0 Å². The van der Waals surface area contributed by atoms with Gasteiger partial charge in [0.05, 0.1) is 10.4 Å². The molecule has 0 saturated carbocycles. The van der Waals surface area contributed by atoms with Crippen LogP contribution in [0, 0.1) is 6.92 Å². The molecule has 0 aliphatic rings. The average Bonchev–Trinajstić information content (AvgIpc) is 2.61. The largest absolute Gasteiger partial charge is 0.346 e. The summed E-state index contributed by atoms with van der Waals surface area (Å²) in [5.41, 5.74) is 1.30. The molecule has 3 rings (SSSR count). The number of nitrogens with zero attached hydrogens (tertiary/aromatic N) is 1. The number of pyridine rings is 1. The molecule has 0 amide bonds. The lowest BCUT2D eigenvalue weighted by atomic mass is 10.2. The highest BCUT2D eigenvalue weighted by atomic mass is 32.2. The zero-order valence-electron chi connectivity index (χ0n) is 14.4. The van der Waals surface area contributed by atoms with Crippen LogP contribution >= 0.6 is 0 Å². The SMILES string of the molecule is CCCCn1cc(S(=O)(=O)c2ccc(C)cc2)c(=O)c2ccccc21. The molecular formula is C20H21NO3S. The van der Waals surface area contributed by atoms with Crippen molar-refractivity contribution in [3.63, 3.8) is 0 Å². The summed E-state index contributed by atoms with van der Waals surface area (Å²) in [5, 5.41) is 0.437. The zero-order valence-corrected chi connectivity index (χ0v) is 15.2. The molecule has 0 atom stereocenters. The predicted octanol–water partition coefficient (Wildman–Crippen LogP) is 3.94. The lowest BCUT2D eigenvalue weighted by molar-refractivity contribution is 0.591. The Balaban J connectivity index is 2.27. The maximum absolute atomic E-state index is 13.0. The first-order valence-corrected chi connectivity index (χ1v) is 9.87. The van der Waals surface area contributed by atoms with Crippen molar-refractivity contribution in [1.82, 2.24) is 4.57 Å². The van der Waals surface area contributed by atoms with Crippen LogP contribution in [0.15, 0.2) is 69.3 Å². The Kier molecular flexibility index (Phi) is 4.77. The van der Waals surface area contributed by atoms with Gasteiger partial charge in [0.1, 0.15) is 4.90 Å². The predicted molar refractivity (Wildman–Crippen MR) is 99.7 cm³/mol. The molecule has 4 nitrogen and oxygen atoms in total. The first-order chi connectivity index (χ1) is 11.9. The van der Waals surface area contributed by atoms with Crippen LogP contribution in [0.3, 0.4) is 0 Å². The quantitative estimate of drug-likeness (QED) is 0.696. The zero-order chi connectivity index (χ0) is 18.0. The Labute approximate surface area is 147 Å². The summed E-state index contributed by atoms with van der Waals surface area (Å²) in [5.74, 6) is 0. The monoisotopic (exact) mass is 355 g/mol. The number of aromatic nitrogens is 1. The van der Waals surface area contributed by atoms with Crippen molar-refractivity contribution in [3.8, 4) is 0 Å². The first-order valence-electron chi connectivity index (χ1n) is 8.39. The molecule has 0 fully saturated rings. The third-order valence-electron chi connectivity index (χ3n) is 4.33. The van der Waals surface area contributed by atoms with Crippen LogP contribution in [0.25, 0.3) is 10.9 Å². The number of rotatable bonds is 5. The third-order valence-corrected chi connectivity index (χ3v) is 6.09. The summed E-state index contributed by atoms with van der Waals surface area (Å²) in [4.78, 5) is 12.8. The maximum Gasteiger partial charge on any atom is 0.211 e. The van der Waals surface area contributed by atoms with Crippen molar-refractivity contribution >= 4 is 20.7 Å². The van der Waals surface area contributed by atoms with Gasteiger partial charge in [0.15, 0.2) is 0 Å². The number of hydrogen-bond donors (Lipinski definition) is 0. The van der Waals surface area contributed by atoms with E-state index < -0.39 is 15.3 Å². The highest BCUT2D eigenvalue weighted by Gasteiger charge is 2.23. The minimum Gasteiger partial charge on any atom is -0.346 e. The Morgan fingerprint density at radius 2 is 1.68 bits per heavy atom. The third kappa shape index (κ3) is 3.24.